The first kappa shape index (κ1) is 16.1. The normalized spacial score (nSPS) is 11.2. The van der Waals surface area contributed by atoms with Crippen LogP contribution in [-0.2, 0) is 9.84 Å². The molecule has 1 aromatic carbocycles. The number of amides is 1. The Morgan fingerprint density at radius 1 is 1.14 bits per heavy atom. The topological polar surface area (TPSA) is 76.1 Å². The summed E-state index contributed by atoms with van der Waals surface area (Å²) >= 11 is 6.62. The molecule has 0 radical (unpaired) electrons. The monoisotopic (exact) mass is 432 g/mol. The fraction of sp³-hybridized carbons (Fsp3) is 0.0769. The first-order valence-corrected chi connectivity index (χ1v) is 9.17. The van der Waals surface area contributed by atoms with Crippen LogP contribution in [0.1, 0.15) is 10.4 Å². The van der Waals surface area contributed by atoms with Crippen molar-refractivity contribution in [1.29, 1.82) is 0 Å². The number of halogens is 2. The number of nitrogens with one attached hydrogen (secondary N) is 1. The molecule has 5 nitrogen and oxygen atoms in total. The van der Waals surface area contributed by atoms with Crippen molar-refractivity contribution in [3.63, 3.8) is 0 Å². The van der Waals surface area contributed by atoms with Crippen LogP contribution in [0.2, 0.25) is 0 Å². The minimum absolute atomic E-state index is 0.0364. The molecule has 1 heterocycles. The van der Waals surface area contributed by atoms with Gasteiger partial charge in [-0.3, -0.25) is 4.79 Å². The molecular weight excluding hydrogens is 424 g/mol. The Kier molecular flexibility index (Phi) is 4.80. The number of hydrogen-bond donors (Lipinski definition) is 1. The van der Waals surface area contributed by atoms with Gasteiger partial charge in [0.1, 0.15) is 0 Å². The number of pyridine rings is 1. The van der Waals surface area contributed by atoms with Crippen LogP contribution in [-0.4, -0.2) is 25.6 Å². The number of anilines is 1. The zero-order valence-corrected chi connectivity index (χ0v) is 14.8. The Labute approximate surface area is 139 Å². The number of benzene rings is 1. The molecule has 0 unspecified atom stereocenters. The van der Waals surface area contributed by atoms with Crippen molar-refractivity contribution in [2.45, 2.75) is 5.03 Å². The van der Waals surface area contributed by atoms with Gasteiger partial charge in [-0.2, -0.15) is 0 Å². The van der Waals surface area contributed by atoms with Gasteiger partial charge in [0.05, 0.1) is 11.9 Å². The zero-order chi connectivity index (χ0) is 15.6. The van der Waals surface area contributed by atoms with E-state index in [1.165, 1.54) is 18.3 Å². The molecule has 0 fully saturated rings. The van der Waals surface area contributed by atoms with Crippen molar-refractivity contribution in [3.8, 4) is 0 Å². The molecule has 2 rings (SSSR count). The van der Waals surface area contributed by atoms with Gasteiger partial charge < -0.3 is 5.32 Å². The van der Waals surface area contributed by atoms with E-state index < -0.39 is 9.84 Å². The van der Waals surface area contributed by atoms with Gasteiger partial charge in [-0.05, 0) is 30.3 Å². The molecule has 0 aliphatic rings. The summed E-state index contributed by atoms with van der Waals surface area (Å²) in [5.41, 5.74) is 0.881. The Morgan fingerprint density at radius 3 is 2.24 bits per heavy atom. The molecule has 21 heavy (non-hydrogen) atoms. The van der Waals surface area contributed by atoms with Crippen molar-refractivity contribution < 1.29 is 13.2 Å². The van der Waals surface area contributed by atoms with Gasteiger partial charge in [-0.25, -0.2) is 13.4 Å². The summed E-state index contributed by atoms with van der Waals surface area (Å²) in [7, 11) is -3.35. The lowest BCUT2D eigenvalue weighted by molar-refractivity contribution is 0.102. The van der Waals surface area contributed by atoms with E-state index in [0.29, 0.717) is 11.3 Å². The van der Waals surface area contributed by atoms with Gasteiger partial charge in [-0.1, -0.05) is 31.9 Å². The highest BCUT2D eigenvalue weighted by atomic mass is 79.9. The molecule has 0 aliphatic carbocycles. The molecule has 8 heteroatoms. The minimum Gasteiger partial charge on any atom is -0.321 e. The highest BCUT2D eigenvalue weighted by molar-refractivity contribution is 9.11. The molecule has 0 bridgehead atoms. The fourth-order valence-corrected chi connectivity index (χ4v) is 3.41. The number of hydrogen-bond acceptors (Lipinski definition) is 4. The molecule has 0 saturated carbocycles. The van der Waals surface area contributed by atoms with Gasteiger partial charge in [-0.15, -0.1) is 0 Å². The maximum atomic E-state index is 12.1. The molecule has 1 N–H and O–H groups in total. The van der Waals surface area contributed by atoms with Gasteiger partial charge >= 0.3 is 0 Å². The van der Waals surface area contributed by atoms with Gasteiger partial charge in [0.15, 0.2) is 14.9 Å². The van der Waals surface area contributed by atoms with Crippen molar-refractivity contribution in [1.82, 2.24) is 4.98 Å². The van der Waals surface area contributed by atoms with Crippen molar-refractivity contribution in [2.24, 2.45) is 0 Å². The summed E-state index contributed by atoms with van der Waals surface area (Å²) in [5, 5.41) is 2.62. The lowest BCUT2D eigenvalue weighted by atomic mass is 10.2. The smallest absolute Gasteiger partial charge is 0.255 e. The molecule has 110 valence electrons. The van der Waals surface area contributed by atoms with Crippen molar-refractivity contribution in [3.05, 3.63) is 51.0 Å². The highest BCUT2D eigenvalue weighted by Crippen LogP contribution is 2.21. The van der Waals surface area contributed by atoms with E-state index >= 15 is 0 Å². The molecule has 0 aliphatic heterocycles. The largest absolute Gasteiger partial charge is 0.321 e. The average Bonchev–Trinajstić information content (AvgIpc) is 2.37. The quantitative estimate of drug-likeness (QED) is 0.805. The number of carbonyl (C=O) groups is 1. The lowest BCUT2D eigenvalue weighted by Gasteiger charge is -2.06. The number of rotatable bonds is 3. The SMILES string of the molecule is CS(=O)(=O)c1ccc(NC(=O)c2cc(Br)cc(Br)c2)cn1. The van der Waals surface area contributed by atoms with Crippen LogP contribution in [0.25, 0.3) is 0 Å². The molecule has 0 spiro atoms. The van der Waals surface area contributed by atoms with E-state index in [2.05, 4.69) is 42.2 Å². The lowest BCUT2D eigenvalue weighted by Crippen LogP contribution is -2.12. The van der Waals surface area contributed by atoms with Crippen LogP contribution in [0, 0.1) is 0 Å². The Bertz CT molecular complexity index is 769. The van der Waals surface area contributed by atoms with Crippen LogP contribution < -0.4 is 5.32 Å². The second-order valence-corrected chi connectivity index (χ2v) is 8.06. The summed E-state index contributed by atoms with van der Waals surface area (Å²) in [4.78, 5) is 15.9. The van der Waals surface area contributed by atoms with E-state index in [1.807, 2.05) is 6.07 Å². The van der Waals surface area contributed by atoms with Gasteiger partial charge in [0.25, 0.3) is 5.91 Å². The van der Waals surface area contributed by atoms with E-state index in [9.17, 15) is 13.2 Å². The van der Waals surface area contributed by atoms with Crippen LogP contribution >= 0.6 is 31.9 Å². The molecule has 2 aromatic rings. The molecular formula is C13H10Br2N2O3S. The summed E-state index contributed by atoms with van der Waals surface area (Å²) in [6, 6.07) is 8.02. The summed E-state index contributed by atoms with van der Waals surface area (Å²) in [6.45, 7) is 0. The summed E-state index contributed by atoms with van der Waals surface area (Å²) < 4.78 is 24.1. The number of sulfone groups is 1. The molecule has 0 saturated heterocycles. The van der Waals surface area contributed by atoms with Crippen LogP contribution in [0.5, 0.6) is 0 Å². The number of carbonyl (C=O) groups excluding carboxylic acids is 1. The second-order valence-electron chi connectivity index (χ2n) is 4.27. The third-order valence-corrected chi connectivity index (χ3v) is 4.42. The number of nitrogens with zero attached hydrogens (tertiary/aromatic N) is 1. The molecule has 1 aromatic heterocycles. The predicted molar refractivity (Wildman–Crippen MR) is 87.1 cm³/mol. The van der Waals surface area contributed by atoms with Crippen molar-refractivity contribution >= 4 is 53.3 Å². The second kappa shape index (κ2) is 6.25. The molecule has 0 atom stereocenters. The highest BCUT2D eigenvalue weighted by Gasteiger charge is 2.11. The van der Waals surface area contributed by atoms with E-state index in [4.69, 9.17) is 0 Å². The predicted octanol–water partition coefficient (Wildman–Crippen LogP) is 3.26. The van der Waals surface area contributed by atoms with E-state index in [1.54, 1.807) is 12.1 Å². The standard InChI is InChI=1S/C13H10Br2N2O3S/c1-21(19,20)12-3-2-11(7-16-12)17-13(18)8-4-9(14)6-10(15)5-8/h2-7H,1H3,(H,17,18). The van der Waals surface area contributed by atoms with E-state index in [0.717, 1.165) is 15.2 Å². The van der Waals surface area contributed by atoms with Crippen LogP contribution in [0.4, 0.5) is 5.69 Å². The van der Waals surface area contributed by atoms with Crippen LogP contribution in [0.3, 0.4) is 0 Å². The average molecular weight is 434 g/mol. The minimum atomic E-state index is -3.35. The first-order chi connectivity index (χ1) is 9.75. The summed E-state index contributed by atoms with van der Waals surface area (Å²) in [5.74, 6) is -0.314. The zero-order valence-electron chi connectivity index (χ0n) is 10.8. The van der Waals surface area contributed by atoms with Gasteiger partial charge in [0.2, 0.25) is 0 Å². The molecule has 1 amide bonds. The first-order valence-electron chi connectivity index (χ1n) is 5.69. The fourth-order valence-electron chi connectivity index (χ4n) is 1.56. The summed E-state index contributed by atoms with van der Waals surface area (Å²) in [6.07, 6.45) is 2.38. The maximum absolute atomic E-state index is 12.1. The van der Waals surface area contributed by atoms with E-state index in [-0.39, 0.29) is 10.9 Å². The number of aromatic nitrogens is 1. The maximum Gasteiger partial charge on any atom is 0.255 e. The van der Waals surface area contributed by atoms with Gasteiger partial charge in [0, 0.05) is 20.8 Å². The Morgan fingerprint density at radius 2 is 1.76 bits per heavy atom. The Balaban J connectivity index is 2.20. The van der Waals surface area contributed by atoms with Crippen LogP contribution in [0.15, 0.2) is 50.5 Å². The van der Waals surface area contributed by atoms with Crippen molar-refractivity contribution in [2.75, 3.05) is 11.6 Å². The third-order valence-electron chi connectivity index (χ3n) is 2.50. The Hall–Kier alpha value is -1.25. The third kappa shape index (κ3) is 4.36.